The van der Waals surface area contributed by atoms with Crippen LogP contribution in [-0.2, 0) is 4.74 Å². The van der Waals surface area contributed by atoms with E-state index >= 15 is 0 Å². The minimum Gasteiger partial charge on any atom is -0.389 e. The van der Waals surface area contributed by atoms with E-state index < -0.39 is 23.5 Å². The van der Waals surface area contributed by atoms with Crippen LogP contribution in [0.15, 0.2) is 6.33 Å². The summed E-state index contributed by atoms with van der Waals surface area (Å²) in [6.07, 6.45) is 0.465. The van der Waals surface area contributed by atoms with Crippen molar-refractivity contribution < 1.29 is 14.6 Å². The molecule has 0 saturated carbocycles. The zero-order valence-corrected chi connectivity index (χ0v) is 10.7. The molecule has 18 heavy (non-hydrogen) atoms. The van der Waals surface area contributed by atoms with Gasteiger partial charge in [0, 0.05) is 0 Å². The number of carbonyl (C=O) groups excluding carboxylic acids is 1. The van der Waals surface area contributed by atoms with Crippen LogP contribution in [0.1, 0.15) is 30.1 Å². The summed E-state index contributed by atoms with van der Waals surface area (Å²) in [6, 6.07) is 0. The summed E-state index contributed by atoms with van der Waals surface area (Å²) in [5.74, 6) is -0.581. The van der Waals surface area contributed by atoms with Gasteiger partial charge in [-0.3, -0.25) is 9.36 Å². The fourth-order valence-electron chi connectivity index (χ4n) is 2.06. The van der Waals surface area contributed by atoms with Crippen molar-refractivity contribution in [3.63, 3.8) is 0 Å². The fourth-order valence-corrected chi connectivity index (χ4v) is 2.47. The number of rotatable bonds is 3. The first-order valence-electron chi connectivity index (χ1n) is 5.61. The molecule has 0 aromatic carbocycles. The number of thiol groups is 1. The fraction of sp³-hybridized carbons (Fsp3) is 0.600. The van der Waals surface area contributed by atoms with Crippen molar-refractivity contribution in [2.24, 2.45) is 5.73 Å². The Labute approximate surface area is 110 Å². The Morgan fingerprint density at radius 1 is 1.72 bits per heavy atom. The molecule has 8 heteroatoms. The van der Waals surface area contributed by atoms with Crippen LogP contribution in [0.4, 0.5) is 5.82 Å². The Morgan fingerprint density at radius 3 is 2.83 bits per heavy atom. The summed E-state index contributed by atoms with van der Waals surface area (Å²) in [5.41, 5.74) is 10.9. The number of nitrogen functional groups attached to an aromatic ring is 1. The maximum atomic E-state index is 11.1. The van der Waals surface area contributed by atoms with Crippen molar-refractivity contribution in [3.8, 4) is 0 Å². The number of carbonyl (C=O) groups is 1. The van der Waals surface area contributed by atoms with Crippen molar-refractivity contribution in [1.29, 1.82) is 0 Å². The highest BCUT2D eigenvalue weighted by Gasteiger charge is 2.42. The highest BCUT2D eigenvalue weighted by molar-refractivity contribution is 7.81. The molecule has 1 aromatic rings. The molecule has 0 bridgehead atoms. The Bertz CT molecular complexity index is 464. The van der Waals surface area contributed by atoms with E-state index in [9.17, 15) is 9.90 Å². The van der Waals surface area contributed by atoms with Crippen LogP contribution >= 0.6 is 12.6 Å². The van der Waals surface area contributed by atoms with Gasteiger partial charge in [0.1, 0.15) is 5.82 Å². The molecule has 1 aliphatic rings. The van der Waals surface area contributed by atoms with Gasteiger partial charge in [0.05, 0.1) is 23.8 Å². The van der Waals surface area contributed by atoms with Gasteiger partial charge in [-0.1, -0.05) is 6.92 Å². The average Bonchev–Trinajstić information content (AvgIpc) is 2.82. The zero-order chi connectivity index (χ0) is 13.4. The van der Waals surface area contributed by atoms with E-state index in [1.54, 1.807) is 0 Å². The largest absolute Gasteiger partial charge is 0.389 e. The highest BCUT2D eigenvalue weighted by Crippen LogP contribution is 2.36. The number of primary amides is 1. The molecule has 1 aliphatic heterocycles. The molecule has 7 nitrogen and oxygen atoms in total. The van der Waals surface area contributed by atoms with Crippen molar-refractivity contribution in [2.45, 2.75) is 37.0 Å². The number of anilines is 1. The summed E-state index contributed by atoms with van der Waals surface area (Å²) < 4.78 is 7.13. The molecule has 1 aromatic heterocycles. The maximum Gasteiger partial charge on any atom is 0.271 e. The molecule has 0 radical (unpaired) electrons. The van der Waals surface area contributed by atoms with Gasteiger partial charge in [0.25, 0.3) is 5.91 Å². The van der Waals surface area contributed by atoms with Crippen molar-refractivity contribution >= 4 is 24.4 Å². The average molecular weight is 272 g/mol. The minimum atomic E-state index is -0.701. The number of amides is 1. The standard InChI is InChI=1S/C10H16N4O3S/c1-2-4-6(15)7(18)10(17-4)14-3-13-5(8(14)11)9(12)16/h3-4,6-7,10,15,18H,2,11H2,1H3,(H2,12,16)/t4-,6-,7-,10-/m1/s1. The summed E-state index contributed by atoms with van der Waals surface area (Å²) >= 11 is 4.32. The molecule has 1 saturated heterocycles. The molecule has 100 valence electrons. The van der Waals surface area contributed by atoms with E-state index in [0.29, 0.717) is 6.42 Å². The summed E-state index contributed by atoms with van der Waals surface area (Å²) in [6.45, 7) is 1.91. The molecule has 1 amide bonds. The lowest BCUT2D eigenvalue weighted by Gasteiger charge is -2.17. The third-order valence-corrected chi connectivity index (χ3v) is 3.64. The predicted molar refractivity (Wildman–Crippen MR) is 68.1 cm³/mol. The molecule has 2 rings (SSSR count). The monoisotopic (exact) mass is 272 g/mol. The lowest BCUT2D eigenvalue weighted by atomic mass is 10.1. The molecule has 2 heterocycles. The zero-order valence-electron chi connectivity index (χ0n) is 9.85. The van der Waals surface area contributed by atoms with Crippen LogP contribution in [0, 0.1) is 0 Å². The SMILES string of the molecule is CC[C@H]1O[C@@H](n2cnc(C(N)=O)c2N)[C@H](S)[C@@H]1O. The van der Waals surface area contributed by atoms with Gasteiger partial charge in [-0.15, -0.1) is 0 Å². The molecular weight excluding hydrogens is 256 g/mol. The van der Waals surface area contributed by atoms with E-state index in [-0.39, 0.29) is 17.6 Å². The summed E-state index contributed by atoms with van der Waals surface area (Å²) in [5, 5.41) is 9.49. The van der Waals surface area contributed by atoms with Gasteiger partial charge < -0.3 is 21.3 Å². The Hall–Kier alpha value is -1.25. The number of aliphatic hydroxyl groups is 1. The van der Waals surface area contributed by atoms with E-state index in [1.807, 2.05) is 6.92 Å². The number of aromatic nitrogens is 2. The third kappa shape index (κ3) is 1.96. The number of hydrogen-bond donors (Lipinski definition) is 4. The molecule has 5 N–H and O–H groups in total. The van der Waals surface area contributed by atoms with Gasteiger partial charge in [0.2, 0.25) is 0 Å². The van der Waals surface area contributed by atoms with Crippen LogP contribution in [0.2, 0.25) is 0 Å². The molecule has 0 spiro atoms. The number of nitrogens with zero attached hydrogens (tertiary/aromatic N) is 2. The van der Waals surface area contributed by atoms with Crippen molar-refractivity contribution in [3.05, 3.63) is 12.0 Å². The van der Waals surface area contributed by atoms with Crippen molar-refractivity contribution in [1.82, 2.24) is 9.55 Å². The Morgan fingerprint density at radius 2 is 2.39 bits per heavy atom. The van der Waals surface area contributed by atoms with E-state index in [0.717, 1.165) is 0 Å². The van der Waals surface area contributed by atoms with E-state index in [4.69, 9.17) is 16.2 Å². The number of hydrogen-bond acceptors (Lipinski definition) is 6. The van der Waals surface area contributed by atoms with Crippen LogP contribution in [0.3, 0.4) is 0 Å². The predicted octanol–water partition coefficient (Wildman–Crippen LogP) is -0.469. The van der Waals surface area contributed by atoms with E-state index in [2.05, 4.69) is 17.6 Å². The number of aliphatic hydroxyl groups excluding tert-OH is 1. The van der Waals surface area contributed by atoms with Gasteiger partial charge in [-0.25, -0.2) is 4.98 Å². The topological polar surface area (TPSA) is 116 Å². The Balaban J connectivity index is 2.30. The van der Waals surface area contributed by atoms with Crippen molar-refractivity contribution in [2.75, 3.05) is 5.73 Å². The maximum absolute atomic E-state index is 11.1. The lowest BCUT2D eigenvalue weighted by Crippen LogP contribution is -2.27. The second kappa shape index (κ2) is 4.79. The van der Waals surface area contributed by atoms with Crippen LogP contribution in [0.25, 0.3) is 0 Å². The quantitative estimate of drug-likeness (QED) is 0.555. The number of imidazole rings is 1. The van der Waals surface area contributed by atoms with Crippen LogP contribution in [0.5, 0.6) is 0 Å². The first-order chi connectivity index (χ1) is 8.47. The Kier molecular flexibility index (Phi) is 3.51. The van der Waals surface area contributed by atoms with Gasteiger partial charge >= 0.3 is 0 Å². The first-order valence-corrected chi connectivity index (χ1v) is 6.12. The second-order valence-electron chi connectivity index (χ2n) is 4.20. The van der Waals surface area contributed by atoms with Gasteiger partial charge in [-0.05, 0) is 6.42 Å². The summed E-state index contributed by atoms with van der Waals surface area (Å²) in [7, 11) is 0. The van der Waals surface area contributed by atoms with Gasteiger partial charge in [-0.2, -0.15) is 12.6 Å². The lowest BCUT2D eigenvalue weighted by molar-refractivity contribution is -0.0185. The van der Waals surface area contributed by atoms with Crippen LogP contribution < -0.4 is 11.5 Å². The normalized spacial score (nSPS) is 31.7. The summed E-state index contributed by atoms with van der Waals surface area (Å²) in [4.78, 5) is 14.9. The smallest absolute Gasteiger partial charge is 0.271 e. The molecule has 1 fully saturated rings. The van der Waals surface area contributed by atoms with Crippen LogP contribution in [-0.4, -0.2) is 38.0 Å². The highest BCUT2D eigenvalue weighted by atomic mass is 32.1. The number of ether oxygens (including phenoxy) is 1. The van der Waals surface area contributed by atoms with Gasteiger partial charge in [0.15, 0.2) is 11.9 Å². The first kappa shape index (κ1) is 13.2. The molecule has 0 aliphatic carbocycles. The van der Waals surface area contributed by atoms with E-state index in [1.165, 1.54) is 10.9 Å². The number of nitrogens with two attached hydrogens (primary N) is 2. The molecular formula is C10H16N4O3S. The second-order valence-corrected chi connectivity index (χ2v) is 4.80. The molecule has 4 atom stereocenters. The minimum absolute atomic E-state index is 0.00595. The molecule has 0 unspecified atom stereocenters. The third-order valence-electron chi connectivity index (χ3n) is 3.08.